The molecule has 0 radical (unpaired) electrons. The summed E-state index contributed by atoms with van der Waals surface area (Å²) in [5, 5.41) is 5.28. The molecule has 1 saturated carbocycles. The number of alkyl halides is 3. The van der Waals surface area contributed by atoms with Crippen LogP contribution in [-0.2, 0) is 20.5 Å². The molecule has 3 amide bonds. The van der Waals surface area contributed by atoms with Crippen LogP contribution in [0.3, 0.4) is 0 Å². The molecule has 41 heavy (non-hydrogen) atoms. The number of thiophene rings is 1. The number of nitrogens with zero attached hydrogens (tertiary/aromatic N) is 2. The van der Waals surface area contributed by atoms with E-state index < -0.39 is 41.2 Å². The number of benzene rings is 1. The fourth-order valence-electron chi connectivity index (χ4n) is 4.88. The zero-order valence-corrected chi connectivity index (χ0v) is 24.7. The number of carbonyl (C=O) groups excluding carboxylic acids is 3. The van der Waals surface area contributed by atoms with Crippen molar-refractivity contribution in [2.45, 2.75) is 58.3 Å². The topological polar surface area (TPSA) is 91.0 Å². The van der Waals surface area contributed by atoms with E-state index in [1.54, 1.807) is 12.1 Å². The Morgan fingerprint density at radius 3 is 2.49 bits per heavy atom. The van der Waals surface area contributed by atoms with E-state index in [1.165, 1.54) is 17.0 Å². The lowest BCUT2D eigenvalue weighted by atomic mass is 9.86. The van der Waals surface area contributed by atoms with Crippen molar-refractivity contribution in [3.8, 4) is 0 Å². The van der Waals surface area contributed by atoms with Gasteiger partial charge in [-0.3, -0.25) is 19.3 Å². The Labute approximate surface area is 246 Å². The number of carbonyl (C=O) groups is 3. The van der Waals surface area contributed by atoms with Gasteiger partial charge in [0.05, 0.1) is 27.1 Å². The third-order valence-electron chi connectivity index (χ3n) is 7.02. The molecule has 1 aliphatic carbocycles. The quantitative estimate of drug-likeness (QED) is 0.394. The van der Waals surface area contributed by atoms with Gasteiger partial charge >= 0.3 is 6.18 Å². The number of ether oxygens (including phenoxy) is 1. The van der Waals surface area contributed by atoms with Crippen molar-refractivity contribution < 1.29 is 32.3 Å². The van der Waals surface area contributed by atoms with Gasteiger partial charge in [-0.2, -0.15) is 13.2 Å². The first-order valence-corrected chi connectivity index (χ1v) is 14.6. The second-order valence-corrected chi connectivity index (χ2v) is 13.2. The van der Waals surface area contributed by atoms with Gasteiger partial charge in [-0.25, -0.2) is 0 Å². The normalized spacial score (nSPS) is 17.4. The van der Waals surface area contributed by atoms with Crippen LogP contribution in [0.15, 0.2) is 30.3 Å². The number of halogens is 4. The minimum Gasteiger partial charge on any atom is -0.370 e. The fourth-order valence-corrected chi connectivity index (χ4v) is 5.84. The van der Waals surface area contributed by atoms with Crippen molar-refractivity contribution in [2.75, 3.05) is 43.1 Å². The zero-order valence-electron chi connectivity index (χ0n) is 23.1. The molecule has 0 spiro atoms. The number of rotatable bonds is 9. The van der Waals surface area contributed by atoms with Gasteiger partial charge in [0.2, 0.25) is 5.91 Å². The van der Waals surface area contributed by atoms with Crippen LogP contribution < -0.4 is 15.5 Å². The molecule has 2 fully saturated rings. The predicted molar refractivity (Wildman–Crippen MR) is 152 cm³/mol. The average molecular weight is 615 g/mol. The van der Waals surface area contributed by atoms with Crippen LogP contribution in [-0.4, -0.2) is 67.6 Å². The number of amides is 3. The lowest BCUT2D eigenvalue weighted by molar-refractivity contribution is -0.137. The van der Waals surface area contributed by atoms with Crippen molar-refractivity contribution in [1.29, 1.82) is 0 Å². The lowest BCUT2D eigenvalue weighted by Crippen LogP contribution is -2.58. The molecular weight excluding hydrogens is 581 g/mol. The summed E-state index contributed by atoms with van der Waals surface area (Å²) in [5.74, 6) is -1.52. The number of morpholine rings is 1. The van der Waals surface area contributed by atoms with Gasteiger partial charge in [-0.1, -0.05) is 38.8 Å². The van der Waals surface area contributed by atoms with Gasteiger partial charge in [-0.15, -0.1) is 11.3 Å². The predicted octanol–water partition coefficient (Wildman–Crippen LogP) is 5.42. The van der Waals surface area contributed by atoms with Crippen molar-refractivity contribution in [3.05, 3.63) is 45.1 Å². The summed E-state index contributed by atoms with van der Waals surface area (Å²) in [7, 11) is 0. The van der Waals surface area contributed by atoms with E-state index in [-0.39, 0.29) is 43.4 Å². The maximum absolute atomic E-state index is 14.2. The van der Waals surface area contributed by atoms with Crippen LogP contribution in [0.25, 0.3) is 0 Å². The van der Waals surface area contributed by atoms with E-state index >= 15 is 0 Å². The molecule has 1 aromatic carbocycles. The molecular formula is C28H34ClF3N4O4S. The largest absolute Gasteiger partial charge is 0.418 e. The minimum absolute atomic E-state index is 0.0647. The standard InChI is InChI=1S/C28H34ClF3N4O4S/c1-27(2,3)16-36(17-5-4-6-17)21(14-33-26(39)22-9-10-23(29)41-22)25(38)34-20-8-7-18(13-19(20)28(30,31)32)35-11-12-40-15-24(35)37/h7-10,13,17,21H,4-6,11-12,14-16H2,1-3H3,(H,33,39)(H,34,38)/t21-/m1/s1. The number of hydrogen-bond acceptors (Lipinski definition) is 6. The third-order valence-corrected chi connectivity index (χ3v) is 8.25. The molecule has 2 aromatic rings. The summed E-state index contributed by atoms with van der Waals surface area (Å²) in [4.78, 5) is 42.4. The van der Waals surface area contributed by atoms with Crippen LogP contribution in [0.1, 0.15) is 55.3 Å². The summed E-state index contributed by atoms with van der Waals surface area (Å²) in [5.41, 5.74) is -1.63. The highest BCUT2D eigenvalue weighted by molar-refractivity contribution is 7.18. The molecule has 1 aliphatic heterocycles. The van der Waals surface area contributed by atoms with Crippen molar-refractivity contribution >= 4 is 52.0 Å². The molecule has 224 valence electrons. The molecule has 2 heterocycles. The first-order valence-electron chi connectivity index (χ1n) is 13.4. The minimum atomic E-state index is -4.80. The summed E-state index contributed by atoms with van der Waals surface area (Å²) < 4.78 is 48.1. The first kappa shape index (κ1) is 31.3. The number of hydrogen-bond donors (Lipinski definition) is 2. The SMILES string of the molecule is CC(C)(C)CN(C1CCC1)[C@H](CNC(=O)c1ccc(Cl)s1)C(=O)Nc1ccc(N2CCOCC2=O)cc1C(F)(F)F. The molecule has 1 aromatic heterocycles. The second kappa shape index (κ2) is 12.7. The van der Waals surface area contributed by atoms with E-state index in [1.807, 2.05) is 25.7 Å². The van der Waals surface area contributed by atoms with Crippen molar-refractivity contribution in [1.82, 2.24) is 10.2 Å². The van der Waals surface area contributed by atoms with E-state index in [0.717, 1.165) is 36.7 Å². The van der Waals surface area contributed by atoms with Crippen molar-refractivity contribution in [2.24, 2.45) is 5.41 Å². The zero-order chi connectivity index (χ0) is 29.9. The highest BCUT2D eigenvalue weighted by Crippen LogP contribution is 2.38. The maximum atomic E-state index is 14.2. The van der Waals surface area contributed by atoms with Crippen LogP contribution in [0.4, 0.5) is 24.5 Å². The van der Waals surface area contributed by atoms with E-state index in [2.05, 4.69) is 10.6 Å². The molecule has 13 heteroatoms. The van der Waals surface area contributed by atoms with E-state index in [0.29, 0.717) is 15.8 Å². The third kappa shape index (κ3) is 8.00. The highest BCUT2D eigenvalue weighted by Gasteiger charge is 2.39. The van der Waals surface area contributed by atoms with Gasteiger partial charge in [0.15, 0.2) is 0 Å². The second-order valence-electron chi connectivity index (χ2n) is 11.5. The molecule has 4 rings (SSSR count). The van der Waals surface area contributed by atoms with Crippen LogP contribution in [0.5, 0.6) is 0 Å². The highest BCUT2D eigenvalue weighted by atomic mass is 35.5. The Morgan fingerprint density at radius 2 is 1.93 bits per heavy atom. The van der Waals surface area contributed by atoms with Crippen LogP contribution >= 0.6 is 22.9 Å². The Kier molecular flexibility index (Phi) is 9.67. The average Bonchev–Trinajstić information content (AvgIpc) is 3.28. The van der Waals surface area contributed by atoms with Crippen molar-refractivity contribution in [3.63, 3.8) is 0 Å². The first-order chi connectivity index (χ1) is 19.2. The molecule has 2 N–H and O–H groups in total. The van der Waals surface area contributed by atoms with E-state index in [9.17, 15) is 27.6 Å². The summed E-state index contributed by atoms with van der Waals surface area (Å²) >= 11 is 7.06. The molecule has 0 bridgehead atoms. The van der Waals surface area contributed by atoms with Crippen LogP contribution in [0, 0.1) is 5.41 Å². The van der Waals surface area contributed by atoms with Gasteiger partial charge in [0.25, 0.3) is 11.8 Å². The Balaban J connectivity index is 1.62. The lowest BCUT2D eigenvalue weighted by Gasteiger charge is -2.44. The van der Waals surface area contributed by atoms with Gasteiger partial charge in [0.1, 0.15) is 12.6 Å². The van der Waals surface area contributed by atoms with E-state index in [4.69, 9.17) is 16.3 Å². The monoisotopic (exact) mass is 614 g/mol. The number of nitrogens with one attached hydrogen (secondary N) is 2. The van der Waals surface area contributed by atoms with Gasteiger partial charge in [-0.05, 0) is 48.6 Å². The molecule has 1 atom stereocenters. The fraction of sp³-hybridized carbons (Fsp3) is 0.536. The maximum Gasteiger partial charge on any atom is 0.418 e. The Morgan fingerprint density at radius 1 is 1.20 bits per heavy atom. The summed E-state index contributed by atoms with van der Waals surface area (Å²) in [6.45, 7) is 6.59. The summed E-state index contributed by atoms with van der Waals surface area (Å²) in [6, 6.07) is 5.72. The summed E-state index contributed by atoms with van der Waals surface area (Å²) in [6.07, 6.45) is -2.11. The van der Waals surface area contributed by atoms with Gasteiger partial charge < -0.3 is 20.3 Å². The van der Waals surface area contributed by atoms with Crippen LogP contribution in [0.2, 0.25) is 4.34 Å². The number of anilines is 2. The Hall–Kier alpha value is -2.67. The molecule has 1 saturated heterocycles. The smallest absolute Gasteiger partial charge is 0.370 e. The molecule has 2 aliphatic rings. The molecule has 8 nitrogen and oxygen atoms in total. The Bertz CT molecular complexity index is 1280. The van der Waals surface area contributed by atoms with Gasteiger partial charge in [0, 0.05) is 31.4 Å². The molecule has 0 unspecified atom stereocenters.